The Kier molecular flexibility index (Phi) is 1.60. The maximum absolute atomic E-state index is 11.4. The summed E-state index contributed by atoms with van der Waals surface area (Å²) in [5, 5.41) is 0. The van der Waals surface area contributed by atoms with E-state index >= 15 is 0 Å². The molecule has 3 heteroatoms. The Labute approximate surface area is 66.5 Å². The zero-order valence-corrected chi connectivity index (χ0v) is 6.62. The molecule has 0 unspecified atom stereocenters. The minimum Gasteiger partial charge on any atom is -0.339 e. The zero-order valence-electron chi connectivity index (χ0n) is 6.62. The third kappa shape index (κ3) is 1.38. The molecule has 3 nitrogen and oxygen atoms in total. The van der Waals surface area contributed by atoms with Gasteiger partial charge in [0, 0.05) is 25.0 Å². The fourth-order valence-corrected chi connectivity index (χ4v) is 1.77. The van der Waals surface area contributed by atoms with Gasteiger partial charge in [-0.15, -0.1) is 0 Å². The standard InChI is InChI=1S/C8H14N2O/c9-7-2-1-6(5-7)8(11)10-3-4-10/h6-7H,1-5,9H2/t6-,7+/m0/s1. The van der Waals surface area contributed by atoms with Crippen LogP contribution >= 0.6 is 0 Å². The maximum atomic E-state index is 11.4. The Hall–Kier alpha value is -0.570. The predicted molar refractivity (Wildman–Crippen MR) is 41.9 cm³/mol. The quantitative estimate of drug-likeness (QED) is 0.538. The summed E-state index contributed by atoms with van der Waals surface area (Å²) >= 11 is 0. The molecule has 1 saturated carbocycles. The van der Waals surface area contributed by atoms with E-state index < -0.39 is 0 Å². The van der Waals surface area contributed by atoms with Crippen molar-refractivity contribution in [1.82, 2.24) is 4.90 Å². The molecule has 0 aromatic heterocycles. The average molecular weight is 154 g/mol. The highest BCUT2D eigenvalue weighted by Gasteiger charge is 2.34. The molecule has 2 fully saturated rings. The van der Waals surface area contributed by atoms with Crippen LogP contribution in [0.15, 0.2) is 0 Å². The molecule has 0 aromatic carbocycles. The number of hydrogen-bond donors (Lipinski definition) is 1. The van der Waals surface area contributed by atoms with Gasteiger partial charge in [0.05, 0.1) is 0 Å². The predicted octanol–water partition coefficient (Wildman–Crippen LogP) is -0.0440. The summed E-state index contributed by atoms with van der Waals surface area (Å²) in [6, 6.07) is 0.281. The van der Waals surface area contributed by atoms with Crippen LogP contribution in [0, 0.1) is 5.92 Å². The van der Waals surface area contributed by atoms with Crippen LogP contribution in [-0.2, 0) is 4.79 Å². The van der Waals surface area contributed by atoms with E-state index in [1.54, 1.807) is 0 Å². The van der Waals surface area contributed by atoms with Gasteiger partial charge in [0.15, 0.2) is 0 Å². The fourth-order valence-electron chi connectivity index (χ4n) is 1.77. The SMILES string of the molecule is N[C@@H]1CC[C@H](C(=O)N2CC2)C1. The molecular weight excluding hydrogens is 140 g/mol. The topological polar surface area (TPSA) is 46.1 Å². The van der Waals surface area contributed by atoms with Crippen LogP contribution in [0.5, 0.6) is 0 Å². The normalized spacial score (nSPS) is 35.9. The van der Waals surface area contributed by atoms with Crippen LogP contribution in [0.1, 0.15) is 19.3 Å². The van der Waals surface area contributed by atoms with Crippen molar-refractivity contribution >= 4 is 5.91 Å². The molecule has 1 amide bonds. The second-order valence-electron chi connectivity index (χ2n) is 3.60. The van der Waals surface area contributed by atoms with Crippen LogP contribution in [-0.4, -0.2) is 29.9 Å². The molecule has 1 heterocycles. The van der Waals surface area contributed by atoms with Gasteiger partial charge in [-0.05, 0) is 19.3 Å². The second-order valence-corrected chi connectivity index (χ2v) is 3.60. The monoisotopic (exact) mass is 154 g/mol. The Morgan fingerprint density at radius 1 is 1.36 bits per heavy atom. The lowest BCUT2D eigenvalue weighted by Gasteiger charge is -2.07. The molecule has 2 aliphatic rings. The van der Waals surface area contributed by atoms with Gasteiger partial charge in [-0.25, -0.2) is 0 Å². The van der Waals surface area contributed by atoms with E-state index in [1.165, 1.54) is 0 Å². The lowest BCUT2D eigenvalue weighted by molar-refractivity contribution is -0.129. The molecule has 62 valence electrons. The summed E-state index contributed by atoms with van der Waals surface area (Å²) in [5.74, 6) is 0.602. The van der Waals surface area contributed by atoms with Crippen molar-refractivity contribution in [1.29, 1.82) is 0 Å². The van der Waals surface area contributed by atoms with E-state index in [9.17, 15) is 4.79 Å². The third-order valence-corrected chi connectivity index (χ3v) is 2.58. The number of carbonyl (C=O) groups excluding carboxylic acids is 1. The van der Waals surface area contributed by atoms with Gasteiger partial charge in [0.25, 0.3) is 0 Å². The minimum atomic E-state index is 0.257. The van der Waals surface area contributed by atoms with Crippen LogP contribution in [0.3, 0.4) is 0 Å². The highest BCUT2D eigenvalue weighted by Crippen LogP contribution is 2.27. The van der Waals surface area contributed by atoms with Crippen LogP contribution in [0.25, 0.3) is 0 Å². The molecular formula is C8H14N2O. The Bertz CT molecular complexity index is 177. The lowest BCUT2D eigenvalue weighted by atomic mass is 10.1. The summed E-state index contributed by atoms with van der Waals surface area (Å²) in [4.78, 5) is 13.3. The van der Waals surface area contributed by atoms with Crippen molar-refractivity contribution in [3.63, 3.8) is 0 Å². The molecule has 0 aromatic rings. The molecule has 2 atom stereocenters. The van der Waals surface area contributed by atoms with Crippen molar-refractivity contribution in [2.24, 2.45) is 11.7 Å². The van der Waals surface area contributed by atoms with Gasteiger partial charge in [-0.1, -0.05) is 0 Å². The van der Waals surface area contributed by atoms with Crippen LogP contribution in [0.2, 0.25) is 0 Å². The van der Waals surface area contributed by atoms with Crippen LogP contribution in [0.4, 0.5) is 0 Å². The maximum Gasteiger partial charge on any atom is 0.225 e. The van der Waals surface area contributed by atoms with Crippen molar-refractivity contribution in [2.75, 3.05) is 13.1 Å². The first-order chi connectivity index (χ1) is 5.27. The van der Waals surface area contributed by atoms with E-state index in [2.05, 4.69) is 0 Å². The summed E-state index contributed by atoms with van der Waals surface area (Å²) in [7, 11) is 0. The summed E-state index contributed by atoms with van der Waals surface area (Å²) < 4.78 is 0. The number of rotatable bonds is 1. The van der Waals surface area contributed by atoms with Gasteiger partial charge < -0.3 is 10.6 Å². The molecule has 1 aliphatic carbocycles. The number of nitrogens with two attached hydrogens (primary N) is 1. The lowest BCUT2D eigenvalue weighted by Crippen LogP contribution is -2.22. The largest absolute Gasteiger partial charge is 0.339 e. The van der Waals surface area contributed by atoms with E-state index in [4.69, 9.17) is 5.73 Å². The van der Waals surface area contributed by atoms with Gasteiger partial charge in [0.1, 0.15) is 0 Å². The number of amides is 1. The second kappa shape index (κ2) is 2.48. The van der Waals surface area contributed by atoms with E-state index in [0.717, 1.165) is 32.4 Å². The van der Waals surface area contributed by atoms with E-state index in [0.29, 0.717) is 5.91 Å². The minimum absolute atomic E-state index is 0.257. The fraction of sp³-hybridized carbons (Fsp3) is 0.875. The molecule has 1 saturated heterocycles. The van der Waals surface area contributed by atoms with Gasteiger partial charge in [-0.3, -0.25) is 4.79 Å². The van der Waals surface area contributed by atoms with Gasteiger partial charge in [-0.2, -0.15) is 0 Å². The van der Waals surface area contributed by atoms with Crippen LogP contribution < -0.4 is 5.73 Å². The Morgan fingerprint density at radius 3 is 2.55 bits per heavy atom. The van der Waals surface area contributed by atoms with Crippen molar-refractivity contribution < 1.29 is 4.79 Å². The average Bonchev–Trinajstić information content (AvgIpc) is 2.74. The Balaban J connectivity index is 1.89. The van der Waals surface area contributed by atoms with Crippen molar-refractivity contribution in [3.8, 4) is 0 Å². The third-order valence-electron chi connectivity index (χ3n) is 2.58. The van der Waals surface area contributed by atoms with Gasteiger partial charge in [0.2, 0.25) is 5.91 Å². The van der Waals surface area contributed by atoms with Gasteiger partial charge >= 0.3 is 0 Å². The van der Waals surface area contributed by atoms with E-state index in [-0.39, 0.29) is 12.0 Å². The van der Waals surface area contributed by atoms with Crippen molar-refractivity contribution in [2.45, 2.75) is 25.3 Å². The molecule has 0 spiro atoms. The molecule has 0 bridgehead atoms. The Morgan fingerprint density at radius 2 is 2.09 bits per heavy atom. The zero-order chi connectivity index (χ0) is 7.84. The highest BCUT2D eigenvalue weighted by molar-refractivity contribution is 5.81. The molecule has 0 radical (unpaired) electrons. The molecule has 2 rings (SSSR count). The van der Waals surface area contributed by atoms with E-state index in [1.807, 2.05) is 4.90 Å². The number of carbonyl (C=O) groups is 1. The molecule has 2 N–H and O–H groups in total. The first-order valence-corrected chi connectivity index (χ1v) is 4.32. The number of nitrogens with zero attached hydrogens (tertiary/aromatic N) is 1. The number of hydrogen-bond acceptors (Lipinski definition) is 2. The highest BCUT2D eigenvalue weighted by atomic mass is 16.2. The molecule has 11 heavy (non-hydrogen) atoms. The van der Waals surface area contributed by atoms with Crippen molar-refractivity contribution in [3.05, 3.63) is 0 Å². The summed E-state index contributed by atoms with van der Waals surface area (Å²) in [6.07, 6.45) is 2.95. The summed E-state index contributed by atoms with van der Waals surface area (Å²) in [6.45, 7) is 1.95. The molecule has 1 aliphatic heterocycles. The summed E-state index contributed by atoms with van der Waals surface area (Å²) in [5.41, 5.74) is 5.71. The smallest absolute Gasteiger partial charge is 0.225 e. The first-order valence-electron chi connectivity index (χ1n) is 4.32. The first kappa shape index (κ1) is 7.10.